The van der Waals surface area contributed by atoms with E-state index in [0.717, 1.165) is 0 Å². The van der Waals surface area contributed by atoms with Crippen molar-refractivity contribution in [1.29, 1.82) is 0 Å². The molecule has 132 valence electrons. The van der Waals surface area contributed by atoms with Crippen LogP contribution in [-0.4, -0.2) is 40.3 Å². The summed E-state index contributed by atoms with van der Waals surface area (Å²) in [7, 11) is 0. The molecule has 2 heterocycles. The Bertz CT molecular complexity index is 816. The van der Waals surface area contributed by atoms with E-state index < -0.39 is 10.1 Å². The number of hydrogen-bond donors (Lipinski definition) is 2. The summed E-state index contributed by atoms with van der Waals surface area (Å²) in [6.07, 6.45) is 2.45. The van der Waals surface area contributed by atoms with Gasteiger partial charge in [0.1, 0.15) is 23.8 Å². The lowest BCUT2D eigenvalue weighted by Gasteiger charge is -2.21. The van der Waals surface area contributed by atoms with E-state index in [0.29, 0.717) is 0 Å². The fourth-order valence-corrected chi connectivity index (χ4v) is 2.58. The molecule has 2 aliphatic rings. The van der Waals surface area contributed by atoms with Gasteiger partial charge in [0.05, 0.1) is 0 Å². The van der Waals surface area contributed by atoms with E-state index in [9.17, 15) is 10.4 Å². The van der Waals surface area contributed by atoms with Crippen molar-refractivity contribution >= 4 is 40.3 Å². The predicted molar refractivity (Wildman–Crippen MR) is 103 cm³/mol. The molecule has 0 aromatic rings. The zero-order valence-electron chi connectivity index (χ0n) is 13.9. The first-order valence-corrected chi connectivity index (χ1v) is 7.05. The molecule has 10 nitrogen and oxygen atoms in total. The molecule has 0 radical (unpaired) electrons. The van der Waals surface area contributed by atoms with Gasteiger partial charge < -0.3 is 20.5 Å². The van der Waals surface area contributed by atoms with E-state index >= 15 is 0 Å². The van der Waals surface area contributed by atoms with Gasteiger partial charge in [0, 0.05) is 0 Å². The molecule has 0 aromatic carbocycles. The van der Waals surface area contributed by atoms with Crippen molar-refractivity contribution < 1.29 is 10.1 Å². The Morgan fingerprint density at radius 1 is 0.654 bits per heavy atom. The number of aliphatic imine (C=N–C) groups is 6. The minimum Gasteiger partial charge on any atom is -0.624 e. The second-order valence-electron chi connectivity index (χ2n) is 4.88. The summed E-state index contributed by atoms with van der Waals surface area (Å²) in [5, 5.41) is 24.0. The molecule has 0 aromatic heterocycles. The number of quaternary nitrogens is 2. The van der Waals surface area contributed by atoms with E-state index in [1.54, 1.807) is 0 Å². The largest absolute Gasteiger partial charge is 0.624 e. The smallest absolute Gasteiger partial charge is 0.192 e. The highest BCUT2D eigenvalue weighted by atomic mass is 16.5. The van der Waals surface area contributed by atoms with Crippen molar-refractivity contribution in [1.82, 2.24) is 0 Å². The molecule has 0 bridgehead atoms. The monoisotopic (exact) mass is 352 g/mol. The van der Waals surface area contributed by atoms with Crippen LogP contribution < -0.4 is 10.1 Å². The van der Waals surface area contributed by atoms with Gasteiger partial charge in [-0.2, -0.15) is 0 Å². The Kier molecular flexibility index (Phi) is 5.54. The third kappa shape index (κ3) is 2.85. The quantitative estimate of drug-likeness (QED) is 0.442. The van der Waals surface area contributed by atoms with Gasteiger partial charge in [-0.25, -0.2) is 0 Å². The van der Waals surface area contributed by atoms with Crippen molar-refractivity contribution in [2.24, 2.45) is 30.0 Å². The summed E-state index contributed by atoms with van der Waals surface area (Å²) in [6, 6.07) is 0. The third-order valence-corrected chi connectivity index (χ3v) is 3.66. The molecular formula is C16H16N8O2. The van der Waals surface area contributed by atoms with Crippen molar-refractivity contribution in [3.8, 4) is 0 Å². The Morgan fingerprint density at radius 2 is 1.00 bits per heavy atom. The van der Waals surface area contributed by atoms with Crippen LogP contribution in [0.3, 0.4) is 0 Å². The summed E-state index contributed by atoms with van der Waals surface area (Å²) in [4.78, 5) is 22.9. The second-order valence-corrected chi connectivity index (χ2v) is 4.88. The first-order chi connectivity index (χ1) is 12.5. The summed E-state index contributed by atoms with van der Waals surface area (Å²) in [5.41, 5.74) is 0.809. The Hall–Kier alpha value is -3.44. The fraction of sp³-hybridized carbons (Fsp3) is 0. The average Bonchev–Trinajstić information content (AvgIpc) is 3.15. The molecular weight excluding hydrogens is 336 g/mol. The molecule has 0 saturated heterocycles. The maximum atomic E-state index is 12.4. The molecule has 0 aliphatic carbocycles. The van der Waals surface area contributed by atoms with Gasteiger partial charge in [-0.05, 0) is 40.3 Å². The van der Waals surface area contributed by atoms with E-state index in [4.69, 9.17) is 0 Å². The second kappa shape index (κ2) is 7.63. The lowest BCUT2D eigenvalue weighted by molar-refractivity contribution is -0.744. The number of hydrogen-bond acceptors (Lipinski definition) is 8. The van der Waals surface area contributed by atoms with E-state index in [1.807, 2.05) is 0 Å². The number of rotatable bonds is 8. The van der Waals surface area contributed by atoms with Crippen LogP contribution in [0.2, 0.25) is 0 Å². The molecule has 2 N–H and O–H groups in total. The highest BCUT2D eigenvalue weighted by Crippen LogP contribution is 2.30. The fourth-order valence-electron chi connectivity index (χ4n) is 2.58. The van der Waals surface area contributed by atoms with Crippen LogP contribution in [0.4, 0.5) is 0 Å². The molecule has 10 heteroatoms. The van der Waals surface area contributed by atoms with Crippen molar-refractivity contribution in [3.05, 3.63) is 68.4 Å². The van der Waals surface area contributed by atoms with Crippen LogP contribution in [0, 0.1) is 10.4 Å². The number of nitrogens with zero attached hydrogens (tertiary/aromatic N) is 6. The van der Waals surface area contributed by atoms with E-state index in [1.165, 1.54) is 12.4 Å². The summed E-state index contributed by atoms with van der Waals surface area (Å²) < 4.78 is 0. The molecule has 26 heavy (non-hydrogen) atoms. The van der Waals surface area contributed by atoms with Crippen molar-refractivity contribution in [3.63, 3.8) is 0 Å². The van der Waals surface area contributed by atoms with Crippen LogP contribution in [0.15, 0.2) is 87.9 Å². The normalized spacial score (nSPS) is 23.2. The minimum absolute atomic E-state index is 0.00878. The predicted octanol–water partition coefficient (Wildman–Crippen LogP) is -0.700. The zero-order valence-corrected chi connectivity index (χ0v) is 13.9. The molecule has 0 spiro atoms. The van der Waals surface area contributed by atoms with Crippen molar-refractivity contribution in [2.75, 3.05) is 0 Å². The SMILES string of the molecule is C=NC1=C[NH+]([O-])C(/C(N=C)=C(\N=C)C2=C(N=C)C(N=C)=C[NH+]2[O-])=C1N=C. The average molecular weight is 352 g/mol. The number of hydroxylamine groups is 4. The maximum absolute atomic E-state index is 12.4. The Balaban J connectivity index is 2.83. The topological polar surface area (TPSA) is 129 Å². The van der Waals surface area contributed by atoms with Gasteiger partial charge in [-0.1, -0.05) is 0 Å². The van der Waals surface area contributed by atoms with Gasteiger partial charge in [-0.3, -0.25) is 30.0 Å². The maximum Gasteiger partial charge on any atom is 0.192 e. The van der Waals surface area contributed by atoms with Crippen LogP contribution in [0.25, 0.3) is 0 Å². The third-order valence-electron chi connectivity index (χ3n) is 3.66. The van der Waals surface area contributed by atoms with E-state index in [2.05, 4.69) is 70.3 Å². The van der Waals surface area contributed by atoms with Crippen LogP contribution >= 0.6 is 0 Å². The van der Waals surface area contributed by atoms with Crippen LogP contribution in [0.5, 0.6) is 0 Å². The van der Waals surface area contributed by atoms with Gasteiger partial charge in [0.15, 0.2) is 34.2 Å². The summed E-state index contributed by atoms with van der Waals surface area (Å²) >= 11 is 0. The molecule has 2 aliphatic heterocycles. The molecule has 2 rings (SSSR count). The first-order valence-electron chi connectivity index (χ1n) is 7.05. The molecule has 2 unspecified atom stereocenters. The standard InChI is InChI=1S/C16H16N8O2/c1-17-9-7-23(25)15(11(9)19-3)13(21-5)14(22-6)16-12(20-4)10(18-2)8-24(16)26/h7-8,23-24H,1-6H2/b14-13+. The molecule has 0 fully saturated rings. The zero-order chi connectivity index (χ0) is 19.4. The van der Waals surface area contributed by atoms with Crippen molar-refractivity contribution in [2.45, 2.75) is 0 Å². The molecule has 2 atom stereocenters. The number of nitrogens with one attached hydrogen (secondary N) is 2. The van der Waals surface area contributed by atoms with Crippen LogP contribution in [-0.2, 0) is 0 Å². The lowest BCUT2D eigenvalue weighted by Crippen LogP contribution is -3.00. The van der Waals surface area contributed by atoms with Crippen LogP contribution in [0.1, 0.15) is 0 Å². The molecule has 0 saturated carbocycles. The highest BCUT2D eigenvalue weighted by Gasteiger charge is 2.35. The van der Waals surface area contributed by atoms with Gasteiger partial charge >= 0.3 is 0 Å². The lowest BCUT2D eigenvalue weighted by atomic mass is 10.1. The first kappa shape index (κ1) is 18.9. The molecule has 0 amide bonds. The van der Waals surface area contributed by atoms with Gasteiger partial charge in [-0.15, -0.1) is 0 Å². The summed E-state index contributed by atoms with van der Waals surface area (Å²) in [6.45, 7) is 20.6. The van der Waals surface area contributed by atoms with E-state index in [-0.39, 0.29) is 45.6 Å². The Morgan fingerprint density at radius 3 is 1.23 bits per heavy atom. The Labute approximate surface area is 149 Å². The van der Waals surface area contributed by atoms with Gasteiger partial charge in [0.2, 0.25) is 0 Å². The highest BCUT2D eigenvalue weighted by molar-refractivity contribution is 5.57. The van der Waals surface area contributed by atoms with Gasteiger partial charge in [0.25, 0.3) is 0 Å². The summed E-state index contributed by atoms with van der Waals surface area (Å²) in [5.74, 6) is 0. The minimum atomic E-state index is -0.451.